The lowest BCUT2D eigenvalue weighted by Crippen LogP contribution is -2.13. The summed E-state index contributed by atoms with van der Waals surface area (Å²) >= 11 is 0. The van der Waals surface area contributed by atoms with Crippen LogP contribution in [0, 0.1) is 13.8 Å². The van der Waals surface area contributed by atoms with Crippen LogP contribution in [0.4, 0.5) is 0 Å². The van der Waals surface area contributed by atoms with Gasteiger partial charge < -0.3 is 10.5 Å². The molecular formula is C17H21NO. The van der Waals surface area contributed by atoms with Gasteiger partial charge in [-0.05, 0) is 54.7 Å². The molecule has 0 bridgehead atoms. The Morgan fingerprint density at radius 1 is 1.00 bits per heavy atom. The fourth-order valence-corrected chi connectivity index (χ4v) is 2.15. The summed E-state index contributed by atoms with van der Waals surface area (Å²) < 4.78 is 5.16. The topological polar surface area (TPSA) is 35.2 Å². The molecule has 2 aromatic rings. The van der Waals surface area contributed by atoms with Gasteiger partial charge in [-0.1, -0.05) is 30.3 Å². The van der Waals surface area contributed by atoms with Crippen molar-refractivity contribution in [2.45, 2.75) is 26.3 Å². The van der Waals surface area contributed by atoms with Gasteiger partial charge in [0.1, 0.15) is 5.75 Å². The first-order valence-corrected chi connectivity index (χ1v) is 6.56. The van der Waals surface area contributed by atoms with Gasteiger partial charge in [0, 0.05) is 6.04 Å². The Hall–Kier alpha value is -1.80. The minimum Gasteiger partial charge on any atom is -0.497 e. The van der Waals surface area contributed by atoms with Crippen LogP contribution in [-0.2, 0) is 6.42 Å². The van der Waals surface area contributed by atoms with Crippen molar-refractivity contribution in [3.8, 4) is 5.75 Å². The van der Waals surface area contributed by atoms with Crippen LogP contribution in [-0.4, -0.2) is 7.11 Å². The second-order valence-corrected chi connectivity index (χ2v) is 5.00. The zero-order chi connectivity index (χ0) is 13.8. The van der Waals surface area contributed by atoms with Gasteiger partial charge in [0.05, 0.1) is 7.11 Å². The molecule has 2 nitrogen and oxygen atoms in total. The molecule has 2 aromatic carbocycles. The van der Waals surface area contributed by atoms with Crippen LogP contribution in [0.3, 0.4) is 0 Å². The van der Waals surface area contributed by atoms with E-state index in [-0.39, 0.29) is 6.04 Å². The Kier molecular flexibility index (Phi) is 4.23. The summed E-state index contributed by atoms with van der Waals surface area (Å²) in [7, 11) is 1.67. The van der Waals surface area contributed by atoms with Crippen LogP contribution in [0.15, 0.2) is 42.5 Å². The Balaban J connectivity index is 2.10. The van der Waals surface area contributed by atoms with Gasteiger partial charge >= 0.3 is 0 Å². The normalized spacial score (nSPS) is 12.2. The van der Waals surface area contributed by atoms with Gasteiger partial charge in [0.2, 0.25) is 0 Å². The lowest BCUT2D eigenvalue weighted by Gasteiger charge is -2.13. The van der Waals surface area contributed by atoms with Crippen LogP contribution in [0.1, 0.15) is 28.3 Å². The predicted molar refractivity (Wildman–Crippen MR) is 79.5 cm³/mol. The number of hydrogen-bond acceptors (Lipinski definition) is 2. The average Bonchev–Trinajstić information content (AvgIpc) is 2.43. The number of nitrogens with two attached hydrogens (primary N) is 1. The molecule has 100 valence electrons. The summed E-state index contributed by atoms with van der Waals surface area (Å²) in [5.74, 6) is 0.863. The highest BCUT2D eigenvalue weighted by atomic mass is 16.5. The molecule has 1 unspecified atom stereocenters. The molecule has 0 heterocycles. The number of ether oxygens (including phenoxy) is 1. The molecule has 2 heteroatoms. The first-order valence-electron chi connectivity index (χ1n) is 6.56. The van der Waals surface area contributed by atoms with Gasteiger partial charge in [-0.3, -0.25) is 0 Å². The van der Waals surface area contributed by atoms with Crippen LogP contribution >= 0.6 is 0 Å². The summed E-state index contributed by atoms with van der Waals surface area (Å²) in [5, 5.41) is 0. The summed E-state index contributed by atoms with van der Waals surface area (Å²) in [6.07, 6.45) is 0.855. The van der Waals surface area contributed by atoms with E-state index in [2.05, 4.69) is 32.0 Å². The largest absolute Gasteiger partial charge is 0.497 e. The number of hydrogen-bond donors (Lipinski definition) is 1. The molecule has 0 amide bonds. The van der Waals surface area contributed by atoms with Crippen molar-refractivity contribution in [3.63, 3.8) is 0 Å². The Morgan fingerprint density at radius 3 is 2.26 bits per heavy atom. The summed E-state index contributed by atoms with van der Waals surface area (Å²) in [4.78, 5) is 0. The second-order valence-electron chi connectivity index (χ2n) is 5.00. The zero-order valence-electron chi connectivity index (χ0n) is 11.8. The lowest BCUT2D eigenvalue weighted by molar-refractivity contribution is 0.414. The Bertz CT molecular complexity index is 546. The molecule has 0 aliphatic heterocycles. The van der Waals surface area contributed by atoms with Crippen LogP contribution in [0.5, 0.6) is 5.75 Å². The third kappa shape index (κ3) is 3.36. The smallest absolute Gasteiger partial charge is 0.118 e. The molecular weight excluding hydrogens is 234 g/mol. The van der Waals surface area contributed by atoms with Gasteiger partial charge in [-0.15, -0.1) is 0 Å². The van der Waals surface area contributed by atoms with E-state index in [1.165, 1.54) is 16.7 Å². The van der Waals surface area contributed by atoms with Gasteiger partial charge in [0.25, 0.3) is 0 Å². The van der Waals surface area contributed by atoms with E-state index in [1.54, 1.807) is 7.11 Å². The molecule has 0 aliphatic rings. The first-order chi connectivity index (χ1) is 9.10. The minimum atomic E-state index is 0.0213. The van der Waals surface area contributed by atoms with Crippen molar-refractivity contribution in [3.05, 3.63) is 64.7 Å². The quantitative estimate of drug-likeness (QED) is 0.906. The highest BCUT2D eigenvalue weighted by molar-refractivity contribution is 5.33. The van der Waals surface area contributed by atoms with Crippen LogP contribution < -0.4 is 10.5 Å². The van der Waals surface area contributed by atoms with Gasteiger partial charge in [-0.2, -0.15) is 0 Å². The Labute approximate surface area is 115 Å². The molecule has 1 atom stereocenters. The fourth-order valence-electron chi connectivity index (χ4n) is 2.15. The molecule has 2 N–H and O–H groups in total. The molecule has 2 rings (SSSR count). The molecule has 0 radical (unpaired) electrons. The van der Waals surface area contributed by atoms with Crippen molar-refractivity contribution in [1.82, 2.24) is 0 Å². The Morgan fingerprint density at radius 2 is 1.68 bits per heavy atom. The summed E-state index contributed by atoms with van der Waals surface area (Å²) in [5.41, 5.74) is 11.3. The van der Waals surface area contributed by atoms with Crippen molar-refractivity contribution < 1.29 is 4.74 Å². The average molecular weight is 255 g/mol. The van der Waals surface area contributed by atoms with Gasteiger partial charge in [0.15, 0.2) is 0 Å². The standard InChI is InChI=1S/C17H21NO/c1-12-4-5-14(10-13(12)2)11-17(18)15-6-8-16(19-3)9-7-15/h4-10,17H,11,18H2,1-3H3. The van der Waals surface area contributed by atoms with E-state index in [4.69, 9.17) is 10.5 Å². The molecule has 19 heavy (non-hydrogen) atoms. The summed E-state index contributed by atoms with van der Waals surface area (Å²) in [6, 6.07) is 14.5. The van der Waals surface area contributed by atoms with Crippen molar-refractivity contribution >= 4 is 0 Å². The molecule has 0 spiro atoms. The number of benzene rings is 2. The maximum atomic E-state index is 6.27. The molecule has 0 aromatic heterocycles. The highest BCUT2D eigenvalue weighted by Crippen LogP contribution is 2.20. The summed E-state index contributed by atoms with van der Waals surface area (Å²) in [6.45, 7) is 4.26. The predicted octanol–water partition coefficient (Wildman–Crippen LogP) is 3.55. The van der Waals surface area contributed by atoms with E-state index in [0.717, 1.165) is 17.7 Å². The number of methoxy groups -OCH3 is 1. The SMILES string of the molecule is COc1ccc(C(N)Cc2ccc(C)c(C)c2)cc1. The highest BCUT2D eigenvalue weighted by Gasteiger charge is 2.08. The fraction of sp³-hybridized carbons (Fsp3) is 0.294. The minimum absolute atomic E-state index is 0.0213. The van der Waals surface area contributed by atoms with Crippen molar-refractivity contribution in [1.29, 1.82) is 0 Å². The van der Waals surface area contributed by atoms with E-state index in [0.29, 0.717) is 0 Å². The van der Waals surface area contributed by atoms with E-state index in [9.17, 15) is 0 Å². The second kappa shape index (κ2) is 5.89. The monoisotopic (exact) mass is 255 g/mol. The van der Waals surface area contributed by atoms with Crippen molar-refractivity contribution in [2.24, 2.45) is 5.73 Å². The number of aryl methyl sites for hydroxylation is 2. The van der Waals surface area contributed by atoms with E-state index >= 15 is 0 Å². The molecule has 0 fully saturated rings. The first kappa shape index (κ1) is 13.6. The third-order valence-electron chi connectivity index (χ3n) is 3.57. The zero-order valence-corrected chi connectivity index (χ0v) is 11.8. The van der Waals surface area contributed by atoms with Gasteiger partial charge in [-0.25, -0.2) is 0 Å². The van der Waals surface area contributed by atoms with Crippen LogP contribution in [0.25, 0.3) is 0 Å². The molecule has 0 saturated carbocycles. The van der Waals surface area contributed by atoms with Crippen LogP contribution in [0.2, 0.25) is 0 Å². The number of rotatable bonds is 4. The lowest BCUT2D eigenvalue weighted by atomic mass is 9.97. The molecule has 0 aliphatic carbocycles. The van der Waals surface area contributed by atoms with E-state index < -0.39 is 0 Å². The van der Waals surface area contributed by atoms with Crippen molar-refractivity contribution in [2.75, 3.05) is 7.11 Å². The maximum absolute atomic E-state index is 6.27. The third-order valence-corrected chi connectivity index (χ3v) is 3.57. The molecule has 0 saturated heterocycles. The maximum Gasteiger partial charge on any atom is 0.118 e. The van der Waals surface area contributed by atoms with E-state index in [1.807, 2.05) is 24.3 Å².